The molecular weight excluding hydrogens is 412 g/mol. The van der Waals surface area contributed by atoms with Gasteiger partial charge in [-0.15, -0.1) is 0 Å². The van der Waals surface area contributed by atoms with E-state index < -0.39 is 5.97 Å². The van der Waals surface area contributed by atoms with Crippen molar-refractivity contribution >= 4 is 11.7 Å². The van der Waals surface area contributed by atoms with Crippen LogP contribution in [0.3, 0.4) is 0 Å². The molecule has 0 amide bonds. The first-order valence-electron chi connectivity index (χ1n) is 10.4. The lowest BCUT2D eigenvalue weighted by atomic mass is 9.91. The van der Waals surface area contributed by atoms with E-state index in [1.807, 2.05) is 6.07 Å². The lowest BCUT2D eigenvalue weighted by Gasteiger charge is -2.27. The van der Waals surface area contributed by atoms with E-state index in [2.05, 4.69) is 11.4 Å². The Balaban J connectivity index is 2.13. The molecule has 3 rings (SSSR count). The zero-order chi connectivity index (χ0) is 23.3. The van der Waals surface area contributed by atoms with E-state index in [4.69, 9.17) is 14.2 Å². The Labute approximate surface area is 187 Å². The van der Waals surface area contributed by atoms with Crippen LogP contribution in [0.15, 0.2) is 24.3 Å². The van der Waals surface area contributed by atoms with Gasteiger partial charge in [0.25, 0.3) is 0 Å². The van der Waals surface area contributed by atoms with E-state index in [-0.39, 0.29) is 18.6 Å². The summed E-state index contributed by atoms with van der Waals surface area (Å²) < 4.78 is 16.5. The van der Waals surface area contributed by atoms with Gasteiger partial charge < -0.3 is 29.7 Å². The van der Waals surface area contributed by atoms with Crippen LogP contribution in [0.25, 0.3) is 11.1 Å². The van der Waals surface area contributed by atoms with Gasteiger partial charge in [0.05, 0.1) is 45.1 Å². The van der Waals surface area contributed by atoms with Crippen molar-refractivity contribution in [3.63, 3.8) is 0 Å². The van der Waals surface area contributed by atoms with Gasteiger partial charge in [-0.3, -0.25) is 4.79 Å². The Bertz CT molecular complexity index is 1020. The Kier molecular flexibility index (Phi) is 7.44. The van der Waals surface area contributed by atoms with Crippen LogP contribution >= 0.6 is 0 Å². The largest absolute Gasteiger partial charge is 0.493 e. The van der Waals surface area contributed by atoms with Crippen LogP contribution in [0.5, 0.6) is 17.2 Å². The number of aliphatic carboxylic acids is 1. The normalized spacial score (nSPS) is 17.8. The van der Waals surface area contributed by atoms with Crippen LogP contribution in [0.2, 0.25) is 0 Å². The second-order valence-corrected chi connectivity index (χ2v) is 7.77. The number of carbonyl (C=O) groups is 1. The van der Waals surface area contributed by atoms with E-state index >= 15 is 0 Å². The number of rotatable bonds is 8. The first kappa shape index (κ1) is 23.2. The molecular formula is C24H28N2O6. The quantitative estimate of drug-likeness (QED) is 0.569. The van der Waals surface area contributed by atoms with Crippen molar-refractivity contribution in [3.8, 4) is 34.4 Å². The Morgan fingerprint density at radius 2 is 1.78 bits per heavy atom. The van der Waals surface area contributed by atoms with Gasteiger partial charge in [-0.1, -0.05) is 6.07 Å². The molecule has 0 aliphatic heterocycles. The molecule has 1 aliphatic carbocycles. The van der Waals surface area contributed by atoms with Gasteiger partial charge in [-0.25, -0.2) is 0 Å². The summed E-state index contributed by atoms with van der Waals surface area (Å²) in [6.07, 6.45) is 2.52. The summed E-state index contributed by atoms with van der Waals surface area (Å²) in [5, 5.41) is 32.3. The van der Waals surface area contributed by atoms with Crippen LogP contribution in [0, 0.1) is 11.3 Å². The number of nitrogens with zero attached hydrogens (tertiary/aromatic N) is 1. The minimum absolute atomic E-state index is 0.145. The van der Waals surface area contributed by atoms with Crippen LogP contribution in [0.4, 0.5) is 5.69 Å². The Morgan fingerprint density at radius 1 is 1.09 bits per heavy atom. The number of aliphatic hydroxyl groups excluding tert-OH is 1. The zero-order valence-corrected chi connectivity index (χ0v) is 18.5. The van der Waals surface area contributed by atoms with Crippen molar-refractivity contribution in [2.24, 2.45) is 0 Å². The Hall–Kier alpha value is -3.44. The average Bonchev–Trinajstić information content (AvgIpc) is 2.79. The van der Waals surface area contributed by atoms with E-state index in [9.17, 15) is 20.3 Å². The van der Waals surface area contributed by atoms with E-state index in [1.54, 1.807) is 18.2 Å². The standard InChI is InChI=1S/C24H28N2O6/c1-30-20-11-16(12-21(28)29)22(24(32-3)23(20)31-2)14-4-5-15(13-25)19(10-14)26-17-6-8-18(27)9-7-17/h4-5,10-11,17-18,26-27H,6-9,12H2,1-3H3,(H,28,29). The number of ether oxygens (including phenoxy) is 3. The SMILES string of the molecule is COc1cc(CC(=O)O)c(-c2ccc(C#N)c(NC3CCC(O)CC3)c2)c(OC)c1OC. The summed E-state index contributed by atoms with van der Waals surface area (Å²) in [7, 11) is 4.46. The minimum Gasteiger partial charge on any atom is -0.493 e. The number of methoxy groups -OCH3 is 3. The molecule has 8 heteroatoms. The average molecular weight is 440 g/mol. The van der Waals surface area contributed by atoms with Crippen LogP contribution in [-0.4, -0.2) is 49.7 Å². The molecule has 0 heterocycles. The third-order valence-electron chi connectivity index (χ3n) is 5.74. The second kappa shape index (κ2) is 10.2. The Morgan fingerprint density at radius 3 is 2.34 bits per heavy atom. The number of nitriles is 1. The van der Waals surface area contributed by atoms with Gasteiger partial charge in [0.15, 0.2) is 11.5 Å². The third-order valence-corrected chi connectivity index (χ3v) is 5.74. The van der Waals surface area contributed by atoms with Gasteiger partial charge in [0, 0.05) is 11.6 Å². The molecule has 0 bridgehead atoms. The minimum atomic E-state index is -0.992. The molecule has 2 aromatic carbocycles. The predicted octanol–water partition coefficient (Wildman–Crippen LogP) is 3.59. The van der Waals surface area contributed by atoms with Gasteiger partial charge in [-0.2, -0.15) is 5.26 Å². The fraction of sp³-hybridized carbons (Fsp3) is 0.417. The van der Waals surface area contributed by atoms with Crippen molar-refractivity contribution in [1.82, 2.24) is 0 Å². The number of hydrogen-bond acceptors (Lipinski definition) is 7. The van der Waals surface area contributed by atoms with Crippen LogP contribution in [0.1, 0.15) is 36.8 Å². The summed E-state index contributed by atoms with van der Waals surface area (Å²) in [5.41, 5.74) is 2.91. The molecule has 0 aromatic heterocycles. The molecule has 1 aliphatic rings. The molecule has 0 radical (unpaired) electrons. The van der Waals surface area contributed by atoms with Crippen molar-refractivity contribution in [2.45, 2.75) is 44.2 Å². The number of hydrogen-bond donors (Lipinski definition) is 3. The highest BCUT2D eigenvalue weighted by Gasteiger charge is 2.25. The second-order valence-electron chi connectivity index (χ2n) is 7.77. The van der Waals surface area contributed by atoms with Gasteiger partial charge in [0.2, 0.25) is 5.75 Å². The first-order valence-corrected chi connectivity index (χ1v) is 10.4. The highest BCUT2D eigenvalue weighted by atomic mass is 16.5. The van der Waals surface area contributed by atoms with Gasteiger partial charge in [-0.05, 0) is 55.0 Å². The number of carboxylic acids is 1. The fourth-order valence-electron chi connectivity index (χ4n) is 4.18. The summed E-state index contributed by atoms with van der Waals surface area (Å²) in [6.45, 7) is 0. The van der Waals surface area contributed by atoms with Gasteiger partial charge in [0.1, 0.15) is 6.07 Å². The first-order chi connectivity index (χ1) is 15.4. The number of anilines is 1. The van der Waals surface area contributed by atoms with Crippen molar-refractivity contribution in [2.75, 3.05) is 26.6 Å². The molecule has 2 aromatic rings. The van der Waals surface area contributed by atoms with Gasteiger partial charge >= 0.3 is 5.97 Å². The molecule has 3 N–H and O–H groups in total. The maximum atomic E-state index is 11.6. The number of carboxylic acid groups (broad SMARTS) is 1. The summed E-state index contributed by atoms with van der Waals surface area (Å²) in [5.74, 6) is 0.101. The lowest BCUT2D eigenvalue weighted by Crippen LogP contribution is -2.28. The molecule has 0 spiro atoms. The number of nitrogens with one attached hydrogen (secondary N) is 1. The molecule has 0 unspecified atom stereocenters. The van der Waals surface area contributed by atoms with Crippen LogP contribution < -0.4 is 19.5 Å². The van der Waals surface area contributed by atoms with E-state index in [1.165, 1.54) is 21.3 Å². The van der Waals surface area contributed by atoms with Crippen molar-refractivity contribution in [1.29, 1.82) is 5.26 Å². The van der Waals surface area contributed by atoms with Crippen LogP contribution in [-0.2, 0) is 11.2 Å². The highest BCUT2D eigenvalue weighted by molar-refractivity contribution is 5.85. The molecule has 32 heavy (non-hydrogen) atoms. The van der Waals surface area contributed by atoms with Crippen molar-refractivity contribution < 1.29 is 29.2 Å². The molecule has 1 saturated carbocycles. The topological polar surface area (TPSA) is 121 Å². The molecule has 0 atom stereocenters. The van der Waals surface area contributed by atoms with E-state index in [0.717, 1.165) is 12.8 Å². The highest BCUT2D eigenvalue weighted by Crippen LogP contribution is 2.47. The smallest absolute Gasteiger partial charge is 0.307 e. The monoisotopic (exact) mass is 440 g/mol. The zero-order valence-electron chi connectivity index (χ0n) is 18.5. The third kappa shape index (κ3) is 4.89. The summed E-state index contributed by atoms with van der Waals surface area (Å²) in [6, 6.07) is 9.29. The molecule has 170 valence electrons. The number of benzene rings is 2. The number of aliphatic hydroxyl groups is 1. The maximum Gasteiger partial charge on any atom is 0.307 e. The summed E-state index contributed by atoms with van der Waals surface area (Å²) >= 11 is 0. The van der Waals surface area contributed by atoms with E-state index in [0.29, 0.717) is 58.0 Å². The maximum absolute atomic E-state index is 11.6. The molecule has 1 fully saturated rings. The predicted molar refractivity (Wildman–Crippen MR) is 119 cm³/mol. The fourth-order valence-corrected chi connectivity index (χ4v) is 4.18. The molecule has 8 nitrogen and oxygen atoms in total. The van der Waals surface area contributed by atoms with Crippen molar-refractivity contribution in [3.05, 3.63) is 35.4 Å². The summed E-state index contributed by atoms with van der Waals surface area (Å²) in [4.78, 5) is 11.6. The molecule has 0 saturated heterocycles. The lowest BCUT2D eigenvalue weighted by molar-refractivity contribution is -0.136.